The third-order valence-corrected chi connectivity index (χ3v) is 7.15. The number of carbonyl (C=O) groups is 1. The largest absolute Gasteiger partial charge is 0.365 e. The minimum absolute atomic E-state index is 0.0454. The second-order valence-corrected chi connectivity index (χ2v) is 9.92. The maximum Gasteiger partial charge on any atom is 0.270 e. The van der Waals surface area contributed by atoms with E-state index in [-0.39, 0.29) is 40.9 Å². The van der Waals surface area contributed by atoms with Crippen LogP contribution >= 0.6 is 0 Å². The van der Waals surface area contributed by atoms with Gasteiger partial charge >= 0.3 is 0 Å². The molecule has 8 nitrogen and oxygen atoms in total. The number of piperazine rings is 1. The topological polar surface area (TPSA) is 94.2 Å². The average molecular weight is 516 g/mol. The molecule has 1 atom stereocenters. The van der Waals surface area contributed by atoms with E-state index in [4.69, 9.17) is 0 Å². The second kappa shape index (κ2) is 8.79. The van der Waals surface area contributed by atoms with E-state index in [0.29, 0.717) is 37.4 Å². The highest BCUT2D eigenvalue weighted by Gasteiger charge is 2.59. The van der Waals surface area contributed by atoms with Crippen molar-refractivity contribution in [2.45, 2.75) is 43.7 Å². The molecular formula is C25H24F4N6O2. The standard InChI is InChI=1S/C25H24F4N6O2/c26-19-13(1-4-16-21(19)33-24(37)20(31-16)15-11-25(15,28)29)12-34-7-9-35(10-8-34)18-6-5-17(32-22(18)27)23(36)30-14-2-3-14/h1,4-6,14-15H,2-3,7-12H2,(H,30,36)(H,33,37)/t15-/m1/s1. The van der Waals surface area contributed by atoms with Crippen LogP contribution in [0.25, 0.3) is 11.0 Å². The van der Waals surface area contributed by atoms with Crippen LogP contribution in [-0.2, 0) is 6.54 Å². The van der Waals surface area contributed by atoms with Crippen molar-refractivity contribution in [2.75, 3.05) is 31.1 Å². The first-order valence-electron chi connectivity index (χ1n) is 12.2. The fourth-order valence-electron chi connectivity index (χ4n) is 4.71. The summed E-state index contributed by atoms with van der Waals surface area (Å²) in [6.45, 7) is 2.23. The van der Waals surface area contributed by atoms with E-state index in [1.54, 1.807) is 12.1 Å². The van der Waals surface area contributed by atoms with E-state index in [0.717, 1.165) is 12.8 Å². The van der Waals surface area contributed by atoms with E-state index >= 15 is 4.39 Å². The van der Waals surface area contributed by atoms with Gasteiger partial charge in [-0.05, 0) is 31.0 Å². The number of fused-ring (bicyclic) bond motifs is 1. The Bertz CT molecular complexity index is 1450. The number of H-pyrrole nitrogens is 1. The van der Waals surface area contributed by atoms with Crippen LogP contribution in [0.4, 0.5) is 23.2 Å². The first-order valence-corrected chi connectivity index (χ1v) is 12.2. The first kappa shape index (κ1) is 23.8. The van der Waals surface area contributed by atoms with Crippen molar-refractivity contribution >= 4 is 22.6 Å². The van der Waals surface area contributed by atoms with Crippen LogP contribution < -0.4 is 15.8 Å². The molecule has 6 rings (SSSR count). The summed E-state index contributed by atoms with van der Waals surface area (Å²) in [7, 11) is 0. The lowest BCUT2D eigenvalue weighted by Gasteiger charge is -2.36. The molecule has 0 radical (unpaired) electrons. The average Bonchev–Trinajstić information content (AvgIpc) is 3.79. The molecule has 0 bridgehead atoms. The highest BCUT2D eigenvalue weighted by atomic mass is 19.3. The molecule has 1 amide bonds. The summed E-state index contributed by atoms with van der Waals surface area (Å²) in [5.74, 6) is -5.91. The Labute approximate surface area is 208 Å². The summed E-state index contributed by atoms with van der Waals surface area (Å²) >= 11 is 0. The molecule has 3 fully saturated rings. The smallest absolute Gasteiger partial charge is 0.270 e. The molecule has 1 aliphatic heterocycles. The highest BCUT2D eigenvalue weighted by Crippen LogP contribution is 2.54. The van der Waals surface area contributed by atoms with E-state index < -0.39 is 35.6 Å². The number of halogens is 4. The summed E-state index contributed by atoms with van der Waals surface area (Å²) in [6, 6.07) is 6.28. The van der Waals surface area contributed by atoms with Gasteiger partial charge in [-0.1, -0.05) is 6.07 Å². The summed E-state index contributed by atoms with van der Waals surface area (Å²) < 4.78 is 56.7. The van der Waals surface area contributed by atoms with Gasteiger partial charge < -0.3 is 15.2 Å². The number of alkyl halides is 2. The Hall–Kier alpha value is -3.54. The molecule has 1 saturated heterocycles. The minimum Gasteiger partial charge on any atom is -0.365 e. The lowest BCUT2D eigenvalue weighted by molar-refractivity contribution is 0.0944. The molecule has 3 aliphatic rings. The maximum absolute atomic E-state index is 15.2. The summed E-state index contributed by atoms with van der Waals surface area (Å²) in [5, 5.41) is 2.78. The van der Waals surface area contributed by atoms with Gasteiger partial charge in [-0.15, -0.1) is 0 Å². The molecule has 2 saturated carbocycles. The number of carbonyl (C=O) groups excluding carboxylic acids is 1. The molecule has 2 aromatic heterocycles. The van der Waals surface area contributed by atoms with Crippen LogP contribution in [0.2, 0.25) is 0 Å². The zero-order chi connectivity index (χ0) is 25.9. The monoisotopic (exact) mass is 516 g/mol. The van der Waals surface area contributed by atoms with Crippen LogP contribution in [0.3, 0.4) is 0 Å². The molecule has 0 spiro atoms. The predicted molar refractivity (Wildman–Crippen MR) is 127 cm³/mol. The van der Waals surface area contributed by atoms with Crippen molar-refractivity contribution < 1.29 is 22.4 Å². The predicted octanol–water partition coefficient (Wildman–Crippen LogP) is 2.93. The molecule has 3 aromatic rings. The quantitative estimate of drug-likeness (QED) is 0.387. The number of pyridine rings is 1. The van der Waals surface area contributed by atoms with Gasteiger partial charge in [-0.2, -0.15) is 4.39 Å². The number of rotatable bonds is 6. The van der Waals surface area contributed by atoms with Gasteiger partial charge in [0.25, 0.3) is 17.4 Å². The number of aromatic nitrogens is 3. The third kappa shape index (κ3) is 4.65. The lowest BCUT2D eigenvalue weighted by Crippen LogP contribution is -2.46. The van der Waals surface area contributed by atoms with Gasteiger partial charge in [-0.3, -0.25) is 14.5 Å². The van der Waals surface area contributed by atoms with Crippen molar-refractivity contribution in [1.29, 1.82) is 0 Å². The number of nitrogens with zero attached hydrogens (tertiary/aromatic N) is 4. The Morgan fingerprint density at radius 1 is 1.08 bits per heavy atom. The second-order valence-electron chi connectivity index (χ2n) is 9.92. The Kier molecular flexibility index (Phi) is 5.66. The summed E-state index contributed by atoms with van der Waals surface area (Å²) in [6.07, 6.45) is 1.43. The number of nitrogens with one attached hydrogen (secondary N) is 2. The van der Waals surface area contributed by atoms with Gasteiger partial charge in [0, 0.05) is 50.7 Å². The molecule has 3 heterocycles. The van der Waals surface area contributed by atoms with Crippen LogP contribution in [0.5, 0.6) is 0 Å². The van der Waals surface area contributed by atoms with Crippen molar-refractivity contribution in [3.8, 4) is 0 Å². The number of aromatic amines is 1. The van der Waals surface area contributed by atoms with Crippen molar-refractivity contribution in [3.63, 3.8) is 0 Å². The van der Waals surface area contributed by atoms with E-state index in [1.165, 1.54) is 12.1 Å². The first-order chi connectivity index (χ1) is 17.7. The highest BCUT2D eigenvalue weighted by molar-refractivity contribution is 5.92. The molecule has 194 valence electrons. The molecule has 0 unspecified atom stereocenters. The normalized spacial score (nSPS) is 21.3. The van der Waals surface area contributed by atoms with Crippen molar-refractivity contribution in [1.82, 2.24) is 25.2 Å². The van der Waals surface area contributed by atoms with Gasteiger partial charge in [0.1, 0.15) is 16.9 Å². The molecule has 12 heteroatoms. The van der Waals surface area contributed by atoms with E-state index in [1.807, 2.05) is 9.80 Å². The Morgan fingerprint density at radius 2 is 1.81 bits per heavy atom. The SMILES string of the molecule is O=C(NC1CC1)c1ccc(N2CCN(Cc3ccc4nc([C@H]5CC5(F)F)c(=O)[nH]c4c3F)CC2)c(F)n1. The Balaban J connectivity index is 1.11. The summed E-state index contributed by atoms with van der Waals surface area (Å²) in [4.78, 5) is 38.4. The number of anilines is 1. The molecular weight excluding hydrogens is 492 g/mol. The molecule has 37 heavy (non-hydrogen) atoms. The number of amides is 1. The fourth-order valence-corrected chi connectivity index (χ4v) is 4.71. The zero-order valence-corrected chi connectivity index (χ0v) is 19.7. The lowest BCUT2D eigenvalue weighted by atomic mass is 10.1. The van der Waals surface area contributed by atoms with Crippen LogP contribution in [0.1, 0.15) is 46.9 Å². The molecule has 1 aromatic carbocycles. The van der Waals surface area contributed by atoms with Gasteiger partial charge in [-0.25, -0.2) is 23.1 Å². The number of hydrogen-bond donors (Lipinski definition) is 2. The van der Waals surface area contributed by atoms with Crippen molar-refractivity contribution in [2.24, 2.45) is 0 Å². The van der Waals surface area contributed by atoms with Gasteiger partial charge in [0.15, 0.2) is 5.82 Å². The fraction of sp³-hybridized carbons (Fsp3) is 0.440. The number of hydrogen-bond acceptors (Lipinski definition) is 6. The van der Waals surface area contributed by atoms with Crippen molar-refractivity contribution in [3.05, 3.63) is 63.3 Å². The number of benzene rings is 1. The van der Waals surface area contributed by atoms with Crippen LogP contribution in [0.15, 0.2) is 29.1 Å². The van der Waals surface area contributed by atoms with Gasteiger partial charge in [0.2, 0.25) is 5.95 Å². The van der Waals surface area contributed by atoms with Crippen LogP contribution in [0, 0.1) is 11.8 Å². The molecule has 2 N–H and O–H groups in total. The Morgan fingerprint density at radius 3 is 2.46 bits per heavy atom. The zero-order valence-electron chi connectivity index (χ0n) is 19.7. The maximum atomic E-state index is 15.2. The minimum atomic E-state index is -2.94. The van der Waals surface area contributed by atoms with Crippen LogP contribution in [-0.4, -0.2) is 63.9 Å². The van der Waals surface area contributed by atoms with Gasteiger partial charge in [0.05, 0.1) is 17.1 Å². The van der Waals surface area contributed by atoms with E-state index in [2.05, 4.69) is 20.3 Å². The third-order valence-electron chi connectivity index (χ3n) is 7.15. The molecule has 2 aliphatic carbocycles. The van der Waals surface area contributed by atoms with E-state index in [9.17, 15) is 22.8 Å². The summed E-state index contributed by atoms with van der Waals surface area (Å²) in [5.41, 5.74) is -0.357.